The topological polar surface area (TPSA) is 38.5 Å². The lowest BCUT2D eigenvalue weighted by Crippen LogP contribution is -2.49. The number of benzene rings is 1. The predicted octanol–water partition coefficient (Wildman–Crippen LogP) is 2.14. The SMILES string of the molecule is CC(N)C1CN(Cc2cc(Br)ccc2F)CCO1. The summed E-state index contributed by atoms with van der Waals surface area (Å²) in [5, 5.41) is 0. The van der Waals surface area contributed by atoms with Crippen molar-refractivity contribution in [2.75, 3.05) is 19.7 Å². The Morgan fingerprint density at radius 3 is 3.11 bits per heavy atom. The number of rotatable bonds is 3. The average Bonchev–Trinajstić information content (AvgIpc) is 2.34. The first kappa shape index (κ1) is 13.9. The second-order valence-electron chi connectivity index (χ2n) is 4.74. The second kappa shape index (κ2) is 6.10. The highest BCUT2D eigenvalue weighted by Crippen LogP contribution is 2.18. The lowest BCUT2D eigenvalue weighted by atomic mass is 10.1. The molecule has 1 aromatic carbocycles. The van der Waals surface area contributed by atoms with E-state index in [0.717, 1.165) is 17.6 Å². The highest BCUT2D eigenvalue weighted by Gasteiger charge is 2.23. The summed E-state index contributed by atoms with van der Waals surface area (Å²) in [5.41, 5.74) is 6.55. The number of nitrogens with zero attached hydrogens (tertiary/aromatic N) is 1. The Hall–Kier alpha value is -0.490. The molecule has 1 heterocycles. The van der Waals surface area contributed by atoms with Crippen LogP contribution >= 0.6 is 15.9 Å². The molecule has 0 radical (unpaired) electrons. The van der Waals surface area contributed by atoms with Gasteiger partial charge in [-0.05, 0) is 25.1 Å². The number of halogens is 2. The summed E-state index contributed by atoms with van der Waals surface area (Å²) < 4.78 is 20.2. The fourth-order valence-corrected chi connectivity index (χ4v) is 2.51. The van der Waals surface area contributed by atoms with Gasteiger partial charge in [0.15, 0.2) is 0 Å². The van der Waals surface area contributed by atoms with Crippen molar-refractivity contribution >= 4 is 15.9 Å². The van der Waals surface area contributed by atoms with Crippen LogP contribution in [0.2, 0.25) is 0 Å². The van der Waals surface area contributed by atoms with Gasteiger partial charge in [0.2, 0.25) is 0 Å². The van der Waals surface area contributed by atoms with E-state index in [2.05, 4.69) is 20.8 Å². The first-order valence-corrected chi connectivity index (χ1v) is 6.89. The van der Waals surface area contributed by atoms with Gasteiger partial charge in [-0.25, -0.2) is 4.39 Å². The number of morpholine rings is 1. The Morgan fingerprint density at radius 2 is 2.39 bits per heavy atom. The van der Waals surface area contributed by atoms with E-state index in [1.165, 1.54) is 6.07 Å². The molecule has 1 aliphatic rings. The number of hydrogen-bond acceptors (Lipinski definition) is 3. The summed E-state index contributed by atoms with van der Waals surface area (Å²) in [6.07, 6.45) is 0.0361. The zero-order valence-electron chi connectivity index (χ0n) is 10.4. The summed E-state index contributed by atoms with van der Waals surface area (Å²) in [7, 11) is 0. The molecule has 1 aliphatic heterocycles. The van der Waals surface area contributed by atoms with Gasteiger partial charge in [-0.1, -0.05) is 15.9 Å². The standard InChI is InChI=1S/C13H18BrFN2O/c1-9(16)13-8-17(4-5-18-13)7-10-6-11(14)2-3-12(10)15/h2-3,6,9,13H,4-5,7-8,16H2,1H3. The Balaban J connectivity index is 2.02. The maximum Gasteiger partial charge on any atom is 0.127 e. The molecule has 1 fully saturated rings. The molecular weight excluding hydrogens is 299 g/mol. The van der Waals surface area contributed by atoms with Gasteiger partial charge in [-0.15, -0.1) is 0 Å². The first-order chi connectivity index (χ1) is 8.56. The number of nitrogens with two attached hydrogens (primary N) is 1. The molecule has 0 spiro atoms. The van der Waals surface area contributed by atoms with Gasteiger partial charge in [0.1, 0.15) is 5.82 Å². The van der Waals surface area contributed by atoms with E-state index < -0.39 is 0 Å². The van der Waals surface area contributed by atoms with E-state index in [4.69, 9.17) is 10.5 Å². The molecule has 18 heavy (non-hydrogen) atoms. The van der Waals surface area contributed by atoms with Crippen LogP contribution in [0, 0.1) is 5.82 Å². The summed E-state index contributed by atoms with van der Waals surface area (Å²) in [4.78, 5) is 2.18. The van der Waals surface area contributed by atoms with Crippen molar-refractivity contribution < 1.29 is 9.13 Å². The van der Waals surface area contributed by atoms with Crippen LogP contribution in [0.3, 0.4) is 0 Å². The van der Waals surface area contributed by atoms with Gasteiger partial charge in [0.05, 0.1) is 12.7 Å². The maximum absolute atomic E-state index is 13.7. The molecule has 2 rings (SSSR count). The maximum atomic E-state index is 13.7. The Morgan fingerprint density at radius 1 is 1.61 bits per heavy atom. The van der Waals surface area contributed by atoms with Crippen molar-refractivity contribution in [3.8, 4) is 0 Å². The van der Waals surface area contributed by atoms with Crippen molar-refractivity contribution in [1.29, 1.82) is 0 Å². The molecule has 0 aromatic heterocycles. The van der Waals surface area contributed by atoms with Crippen LogP contribution in [0.1, 0.15) is 12.5 Å². The zero-order valence-corrected chi connectivity index (χ0v) is 12.0. The van der Waals surface area contributed by atoms with E-state index in [9.17, 15) is 4.39 Å². The van der Waals surface area contributed by atoms with Crippen LogP contribution in [0.25, 0.3) is 0 Å². The van der Waals surface area contributed by atoms with E-state index in [1.54, 1.807) is 6.07 Å². The molecule has 2 unspecified atom stereocenters. The Kier molecular flexibility index (Phi) is 4.72. The molecule has 2 atom stereocenters. The van der Waals surface area contributed by atoms with Crippen molar-refractivity contribution in [1.82, 2.24) is 4.90 Å². The lowest BCUT2D eigenvalue weighted by Gasteiger charge is -2.34. The lowest BCUT2D eigenvalue weighted by molar-refractivity contribution is -0.0406. The molecule has 2 N–H and O–H groups in total. The minimum Gasteiger partial charge on any atom is -0.374 e. The van der Waals surface area contributed by atoms with Crippen molar-refractivity contribution in [3.63, 3.8) is 0 Å². The van der Waals surface area contributed by atoms with Crippen molar-refractivity contribution in [2.45, 2.75) is 25.6 Å². The smallest absolute Gasteiger partial charge is 0.127 e. The number of ether oxygens (including phenoxy) is 1. The summed E-state index contributed by atoms with van der Waals surface area (Å²) >= 11 is 3.37. The van der Waals surface area contributed by atoms with Crippen LogP contribution in [0.15, 0.2) is 22.7 Å². The Bertz CT molecular complexity index is 414. The first-order valence-electron chi connectivity index (χ1n) is 6.09. The number of hydrogen-bond donors (Lipinski definition) is 1. The highest BCUT2D eigenvalue weighted by atomic mass is 79.9. The third-order valence-electron chi connectivity index (χ3n) is 3.17. The van der Waals surface area contributed by atoms with Crippen LogP contribution < -0.4 is 5.73 Å². The second-order valence-corrected chi connectivity index (χ2v) is 5.65. The van der Waals surface area contributed by atoms with Gasteiger partial charge in [-0.2, -0.15) is 0 Å². The van der Waals surface area contributed by atoms with Crippen LogP contribution in [-0.4, -0.2) is 36.7 Å². The quantitative estimate of drug-likeness (QED) is 0.928. The van der Waals surface area contributed by atoms with Crippen molar-refractivity contribution in [3.05, 3.63) is 34.1 Å². The zero-order chi connectivity index (χ0) is 13.1. The minimum atomic E-state index is -0.165. The molecule has 0 amide bonds. The van der Waals surface area contributed by atoms with Crippen LogP contribution in [0.4, 0.5) is 4.39 Å². The van der Waals surface area contributed by atoms with E-state index in [0.29, 0.717) is 18.7 Å². The fraction of sp³-hybridized carbons (Fsp3) is 0.538. The third kappa shape index (κ3) is 3.51. The van der Waals surface area contributed by atoms with Crippen LogP contribution in [0.5, 0.6) is 0 Å². The largest absolute Gasteiger partial charge is 0.374 e. The van der Waals surface area contributed by atoms with E-state index in [1.807, 2.05) is 13.0 Å². The molecule has 1 saturated heterocycles. The van der Waals surface area contributed by atoms with Crippen LogP contribution in [-0.2, 0) is 11.3 Å². The molecule has 1 aromatic rings. The summed E-state index contributed by atoms with van der Waals surface area (Å²) in [6, 6.07) is 5.03. The van der Waals surface area contributed by atoms with Gasteiger partial charge < -0.3 is 10.5 Å². The molecule has 3 nitrogen and oxygen atoms in total. The molecular formula is C13H18BrFN2O. The Labute approximate surface area is 115 Å². The van der Waals surface area contributed by atoms with Gasteiger partial charge in [0, 0.05) is 35.7 Å². The predicted molar refractivity (Wildman–Crippen MR) is 72.8 cm³/mol. The van der Waals surface area contributed by atoms with Gasteiger partial charge in [0.25, 0.3) is 0 Å². The molecule has 100 valence electrons. The highest BCUT2D eigenvalue weighted by molar-refractivity contribution is 9.10. The van der Waals surface area contributed by atoms with E-state index in [-0.39, 0.29) is 18.0 Å². The summed E-state index contributed by atoms with van der Waals surface area (Å²) in [5.74, 6) is -0.165. The van der Waals surface area contributed by atoms with Gasteiger partial charge in [-0.3, -0.25) is 4.90 Å². The molecule has 0 saturated carbocycles. The third-order valence-corrected chi connectivity index (χ3v) is 3.66. The minimum absolute atomic E-state index is 0.000145. The fourth-order valence-electron chi connectivity index (χ4n) is 2.10. The molecule has 0 bridgehead atoms. The molecule has 0 aliphatic carbocycles. The van der Waals surface area contributed by atoms with E-state index >= 15 is 0 Å². The van der Waals surface area contributed by atoms with Crippen molar-refractivity contribution in [2.24, 2.45) is 5.73 Å². The van der Waals surface area contributed by atoms with Gasteiger partial charge >= 0.3 is 0 Å². The molecule has 5 heteroatoms. The normalized spacial score (nSPS) is 23.0. The monoisotopic (exact) mass is 316 g/mol. The average molecular weight is 317 g/mol. The summed E-state index contributed by atoms with van der Waals surface area (Å²) in [6.45, 7) is 4.76.